The summed E-state index contributed by atoms with van der Waals surface area (Å²) in [7, 11) is 0. The summed E-state index contributed by atoms with van der Waals surface area (Å²) in [4.78, 5) is 13.4. The Morgan fingerprint density at radius 2 is 2.38 bits per heavy atom. The van der Waals surface area contributed by atoms with Gasteiger partial charge in [0.1, 0.15) is 16.8 Å². The number of ether oxygens (including phenoxy) is 1. The van der Waals surface area contributed by atoms with Crippen molar-refractivity contribution in [2.75, 3.05) is 11.9 Å². The Morgan fingerprint density at radius 1 is 1.54 bits per heavy atom. The van der Waals surface area contributed by atoms with E-state index in [-0.39, 0.29) is 12.5 Å². The Kier molecular flexibility index (Phi) is 5.22. The molecule has 0 radical (unpaired) electrons. The third-order valence-electron chi connectivity index (χ3n) is 4.04. The number of nitriles is 1. The monoisotopic (exact) mass is 404 g/mol. The Bertz CT molecular complexity index is 810. The summed E-state index contributed by atoms with van der Waals surface area (Å²) < 4.78 is 6.39. The average molecular weight is 405 g/mol. The van der Waals surface area contributed by atoms with Gasteiger partial charge in [-0.2, -0.15) is 5.26 Å². The first-order valence-corrected chi connectivity index (χ1v) is 9.40. The molecule has 0 fully saturated rings. The Labute approximate surface area is 153 Å². The third kappa shape index (κ3) is 3.80. The van der Waals surface area contributed by atoms with Crippen LogP contribution in [0.25, 0.3) is 0 Å². The van der Waals surface area contributed by atoms with Crippen molar-refractivity contribution in [1.82, 2.24) is 0 Å². The summed E-state index contributed by atoms with van der Waals surface area (Å²) in [5.41, 5.74) is 1.74. The van der Waals surface area contributed by atoms with Crippen molar-refractivity contribution in [3.8, 4) is 11.8 Å². The summed E-state index contributed by atoms with van der Waals surface area (Å²) >= 11 is 4.89. The Morgan fingerprint density at radius 3 is 3.12 bits per heavy atom. The highest BCUT2D eigenvalue weighted by atomic mass is 79.9. The predicted octanol–water partition coefficient (Wildman–Crippen LogP) is 4.52. The molecule has 2 aromatic rings. The maximum Gasteiger partial charge on any atom is 0.262 e. The van der Waals surface area contributed by atoms with Gasteiger partial charge < -0.3 is 10.1 Å². The van der Waals surface area contributed by atoms with Gasteiger partial charge in [0.2, 0.25) is 0 Å². The molecule has 3 rings (SSSR count). The van der Waals surface area contributed by atoms with Crippen LogP contribution >= 0.6 is 27.3 Å². The number of nitrogens with one attached hydrogen (secondary N) is 1. The first-order chi connectivity index (χ1) is 11.6. The Hall–Kier alpha value is -1.84. The quantitative estimate of drug-likeness (QED) is 0.814. The van der Waals surface area contributed by atoms with Crippen LogP contribution in [0.15, 0.2) is 28.7 Å². The highest BCUT2D eigenvalue weighted by molar-refractivity contribution is 9.10. The summed E-state index contributed by atoms with van der Waals surface area (Å²) in [6.07, 6.45) is 3.00. The van der Waals surface area contributed by atoms with E-state index in [0.29, 0.717) is 22.2 Å². The number of halogens is 1. The van der Waals surface area contributed by atoms with Crippen molar-refractivity contribution >= 4 is 38.2 Å². The third-order valence-corrected chi connectivity index (χ3v) is 5.71. The Balaban J connectivity index is 1.67. The molecule has 0 saturated carbocycles. The fourth-order valence-corrected chi connectivity index (χ4v) is 4.58. The molecule has 1 amide bonds. The largest absolute Gasteiger partial charge is 0.484 e. The molecule has 1 atom stereocenters. The normalized spacial score (nSPS) is 16.1. The minimum atomic E-state index is -0.252. The van der Waals surface area contributed by atoms with E-state index in [1.54, 1.807) is 12.1 Å². The van der Waals surface area contributed by atoms with Gasteiger partial charge in [-0.1, -0.05) is 28.9 Å². The molecule has 1 aliphatic carbocycles. The van der Waals surface area contributed by atoms with Crippen molar-refractivity contribution in [1.29, 1.82) is 5.26 Å². The number of amides is 1. The number of carbonyl (C=O) groups excluding carboxylic acids is 1. The van der Waals surface area contributed by atoms with Gasteiger partial charge in [-0.15, -0.1) is 11.3 Å². The summed E-state index contributed by atoms with van der Waals surface area (Å²) in [6, 6.07) is 9.59. The van der Waals surface area contributed by atoms with E-state index in [9.17, 15) is 10.1 Å². The minimum absolute atomic E-state index is 0.0830. The van der Waals surface area contributed by atoms with E-state index in [1.165, 1.54) is 16.2 Å². The number of hydrogen-bond donors (Lipinski definition) is 1. The van der Waals surface area contributed by atoms with E-state index in [1.807, 2.05) is 12.1 Å². The molecule has 0 spiro atoms. The lowest BCUT2D eigenvalue weighted by molar-refractivity contribution is -0.118. The second-order valence-electron chi connectivity index (χ2n) is 5.96. The van der Waals surface area contributed by atoms with Gasteiger partial charge in [-0.3, -0.25) is 4.79 Å². The molecule has 4 nitrogen and oxygen atoms in total. The molecular formula is C18H17BrN2O2S. The van der Waals surface area contributed by atoms with E-state index in [0.717, 1.165) is 29.3 Å². The topological polar surface area (TPSA) is 62.1 Å². The second-order valence-corrected chi connectivity index (χ2v) is 7.98. The van der Waals surface area contributed by atoms with Crippen LogP contribution in [-0.2, 0) is 17.6 Å². The lowest BCUT2D eigenvalue weighted by Crippen LogP contribution is -2.20. The van der Waals surface area contributed by atoms with Gasteiger partial charge in [0.25, 0.3) is 5.91 Å². The zero-order chi connectivity index (χ0) is 17.1. The summed E-state index contributed by atoms with van der Waals surface area (Å²) in [6.45, 7) is 2.14. The minimum Gasteiger partial charge on any atom is -0.484 e. The fraction of sp³-hybridized carbons (Fsp3) is 0.333. The molecule has 1 heterocycles. The van der Waals surface area contributed by atoms with Crippen LogP contribution < -0.4 is 10.1 Å². The molecule has 0 saturated heterocycles. The molecule has 1 aromatic heterocycles. The highest BCUT2D eigenvalue weighted by Gasteiger charge is 2.24. The molecule has 1 aromatic carbocycles. The van der Waals surface area contributed by atoms with Crippen LogP contribution in [0, 0.1) is 17.2 Å². The van der Waals surface area contributed by atoms with Crippen molar-refractivity contribution in [3.05, 3.63) is 44.7 Å². The first kappa shape index (κ1) is 17.0. The molecule has 0 unspecified atom stereocenters. The van der Waals surface area contributed by atoms with Crippen molar-refractivity contribution in [3.63, 3.8) is 0 Å². The maximum atomic E-state index is 12.2. The van der Waals surface area contributed by atoms with Gasteiger partial charge in [-0.05, 0) is 48.9 Å². The fourth-order valence-electron chi connectivity index (χ4n) is 2.83. The van der Waals surface area contributed by atoms with Crippen LogP contribution in [0.5, 0.6) is 5.75 Å². The van der Waals surface area contributed by atoms with Crippen molar-refractivity contribution in [2.24, 2.45) is 5.92 Å². The number of hydrogen-bond acceptors (Lipinski definition) is 4. The van der Waals surface area contributed by atoms with Gasteiger partial charge in [-0.25, -0.2) is 0 Å². The van der Waals surface area contributed by atoms with Crippen LogP contribution in [0.1, 0.15) is 29.3 Å². The van der Waals surface area contributed by atoms with Crippen molar-refractivity contribution in [2.45, 2.75) is 26.2 Å². The molecule has 1 aliphatic rings. The van der Waals surface area contributed by atoms with Gasteiger partial charge in [0, 0.05) is 9.35 Å². The molecule has 0 bridgehead atoms. The van der Waals surface area contributed by atoms with Crippen LogP contribution in [0.2, 0.25) is 0 Å². The maximum absolute atomic E-state index is 12.2. The van der Waals surface area contributed by atoms with Crippen molar-refractivity contribution < 1.29 is 9.53 Å². The van der Waals surface area contributed by atoms with Crippen LogP contribution in [-0.4, -0.2) is 12.5 Å². The van der Waals surface area contributed by atoms with Crippen LogP contribution in [0.4, 0.5) is 5.00 Å². The summed E-state index contributed by atoms with van der Waals surface area (Å²) in [5.74, 6) is 1.00. The van der Waals surface area contributed by atoms with Gasteiger partial charge in [0.15, 0.2) is 6.61 Å². The molecule has 124 valence electrons. The number of rotatable bonds is 4. The highest BCUT2D eigenvalue weighted by Crippen LogP contribution is 2.39. The molecule has 0 aliphatic heterocycles. The van der Waals surface area contributed by atoms with E-state index >= 15 is 0 Å². The molecular weight excluding hydrogens is 388 g/mol. The first-order valence-electron chi connectivity index (χ1n) is 7.79. The standard InChI is InChI=1S/C18H17BrN2O2S/c1-11-5-6-14-15(9-20)18(24-16(14)7-11)21-17(22)10-23-13-4-2-3-12(19)8-13/h2-4,8,11H,5-7,10H2,1H3,(H,21,22)/t11-/m0/s1. The second kappa shape index (κ2) is 7.37. The lowest BCUT2D eigenvalue weighted by Gasteiger charge is -2.17. The number of thiophene rings is 1. The average Bonchev–Trinajstić information content (AvgIpc) is 2.89. The van der Waals surface area contributed by atoms with E-state index in [2.05, 4.69) is 34.2 Å². The van der Waals surface area contributed by atoms with Gasteiger partial charge >= 0.3 is 0 Å². The van der Waals surface area contributed by atoms with E-state index < -0.39 is 0 Å². The van der Waals surface area contributed by atoms with Gasteiger partial charge in [0.05, 0.1) is 5.56 Å². The van der Waals surface area contributed by atoms with Crippen LogP contribution in [0.3, 0.4) is 0 Å². The number of anilines is 1. The zero-order valence-electron chi connectivity index (χ0n) is 13.3. The van der Waals surface area contributed by atoms with E-state index in [4.69, 9.17) is 4.74 Å². The number of fused-ring (bicyclic) bond motifs is 1. The lowest BCUT2D eigenvalue weighted by atomic mass is 9.89. The zero-order valence-corrected chi connectivity index (χ0v) is 15.7. The SMILES string of the molecule is C[C@H]1CCc2c(sc(NC(=O)COc3cccc(Br)c3)c2C#N)C1. The number of nitrogens with zero attached hydrogens (tertiary/aromatic N) is 1. The summed E-state index contributed by atoms with van der Waals surface area (Å²) in [5, 5.41) is 12.9. The smallest absolute Gasteiger partial charge is 0.262 e. The number of carbonyl (C=O) groups is 1. The predicted molar refractivity (Wildman–Crippen MR) is 98.5 cm³/mol. The number of benzene rings is 1. The molecule has 1 N–H and O–H groups in total. The molecule has 6 heteroatoms. The molecule has 24 heavy (non-hydrogen) atoms.